The lowest BCUT2D eigenvalue weighted by Crippen LogP contribution is -2.47. The number of rotatable bonds is 3. The van der Waals surface area contributed by atoms with Gasteiger partial charge in [0.15, 0.2) is 0 Å². The van der Waals surface area contributed by atoms with Gasteiger partial charge in [-0.3, -0.25) is 4.79 Å². The maximum Gasteiger partial charge on any atom is 0.231 e. The van der Waals surface area contributed by atoms with Gasteiger partial charge in [-0.05, 0) is 47.0 Å². The first-order chi connectivity index (χ1) is 8.07. The highest BCUT2D eigenvalue weighted by Gasteiger charge is 2.42. The summed E-state index contributed by atoms with van der Waals surface area (Å²) in [5.41, 5.74) is 6.15. The number of amides is 1. The zero-order valence-corrected chi connectivity index (χ0v) is 12.5. The number of hydrogen-bond acceptors (Lipinski definition) is 2. The van der Waals surface area contributed by atoms with E-state index < -0.39 is 0 Å². The molecule has 0 aliphatic heterocycles. The molecule has 0 heterocycles. The summed E-state index contributed by atoms with van der Waals surface area (Å²) in [6, 6.07) is 5.68. The first-order valence-electron chi connectivity index (χ1n) is 5.54. The van der Waals surface area contributed by atoms with Crippen LogP contribution in [0.25, 0.3) is 0 Å². The Kier molecular flexibility index (Phi) is 3.90. The highest BCUT2D eigenvalue weighted by Crippen LogP contribution is 2.41. The Morgan fingerprint density at radius 3 is 2.59 bits per heavy atom. The minimum atomic E-state index is -0.341. The average Bonchev–Trinajstić information content (AvgIpc) is 2.21. The number of benzene rings is 1. The zero-order chi connectivity index (χ0) is 12.5. The lowest BCUT2D eigenvalue weighted by Gasteiger charge is -2.39. The summed E-state index contributed by atoms with van der Waals surface area (Å²) >= 11 is 6.81. The summed E-state index contributed by atoms with van der Waals surface area (Å²) in [5, 5.41) is 2.94. The molecule has 0 bridgehead atoms. The van der Waals surface area contributed by atoms with Crippen molar-refractivity contribution in [1.29, 1.82) is 0 Å². The first-order valence-corrected chi connectivity index (χ1v) is 7.13. The third kappa shape index (κ3) is 2.56. The van der Waals surface area contributed by atoms with E-state index in [4.69, 9.17) is 5.73 Å². The van der Waals surface area contributed by atoms with Crippen LogP contribution in [0.15, 0.2) is 27.1 Å². The van der Waals surface area contributed by atoms with Crippen LogP contribution < -0.4 is 11.1 Å². The molecular weight excluding hydrogens is 348 g/mol. The Morgan fingerprint density at radius 1 is 1.41 bits per heavy atom. The maximum atomic E-state index is 12.2. The standard InChI is InChI=1S/C12H14Br2N2O/c13-8-2-3-10(9(14)6-8)16-11(17)12(7-15)4-1-5-12/h2-3,6H,1,4-5,7,15H2,(H,16,17). The predicted molar refractivity (Wildman–Crippen MR) is 75.8 cm³/mol. The number of hydrogen-bond donors (Lipinski definition) is 2. The highest BCUT2D eigenvalue weighted by molar-refractivity contribution is 9.11. The van der Waals surface area contributed by atoms with Crippen LogP contribution in [0.3, 0.4) is 0 Å². The smallest absolute Gasteiger partial charge is 0.231 e. The third-order valence-electron chi connectivity index (χ3n) is 3.36. The van der Waals surface area contributed by atoms with Crippen LogP contribution in [0.5, 0.6) is 0 Å². The van der Waals surface area contributed by atoms with E-state index >= 15 is 0 Å². The van der Waals surface area contributed by atoms with E-state index in [1.54, 1.807) is 0 Å². The Morgan fingerprint density at radius 2 is 2.12 bits per heavy atom. The van der Waals surface area contributed by atoms with Crippen molar-refractivity contribution in [1.82, 2.24) is 0 Å². The van der Waals surface area contributed by atoms with Gasteiger partial charge in [-0.1, -0.05) is 22.4 Å². The highest BCUT2D eigenvalue weighted by atomic mass is 79.9. The Labute approximate surface area is 117 Å². The molecule has 1 fully saturated rings. The molecular formula is C12H14Br2N2O. The number of halogens is 2. The SMILES string of the molecule is NCC1(C(=O)Nc2ccc(Br)cc2Br)CCC1. The number of nitrogens with one attached hydrogen (secondary N) is 1. The van der Waals surface area contributed by atoms with Gasteiger partial charge in [0, 0.05) is 15.5 Å². The van der Waals surface area contributed by atoms with Gasteiger partial charge in [0.05, 0.1) is 11.1 Å². The van der Waals surface area contributed by atoms with E-state index in [-0.39, 0.29) is 11.3 Å². The summed E-state index contributed by atoms with van der Waals surface area (Å²) in [7, 11) is 0. The molecule has 92 valence electrons. The molecule has 1 aliphatic rings. The zero-order valence-electron chi connectivity index (χ0n) is 9.30. The molecule has 1 aromatic carbocycles. The second-order valence-corrected chi connectivity index (χ2v) is 6.19. The largest absolute Gasteiger partial charge is 0.329 e. The van der Waals surface area contributed by atoms with Crippen molar-refractivity contribution in [2.45, 2.75) is 19.3 Å². The number of carbonyl (C=O) groups is 1. The average molecular weight is 362 g/mol. The van der Waals surface area contributed by atoms with Crippen LogP contribution in [-0.2, 0) is 4.79 Å². The fraction of sp³-hybridized carbons (Fsp3) is 0.417. The van der Waals surface area contributed by atoms with E-state index in [0.29, 0.717) is 6.54 Å². The monoisotopic (exact) mass is 360 g/mol. The van der Waals surface area contributed by atoms with E-state index in [1.807, 2.05) is 18.2 Å². The Balaban J connectivity index is 2.13. The van der Waals surface area contributed by atoms with E-state index in [9.17, 15) is 4.79 Å². The van der Waals surface area contributed by atoms with Gasteiger partial charge >= 0.3 is 0 Å². The second-order valence-electron chi connectivity index (χ2n) is 4.42. The quantitative estimate of drug-likeness (QED) is 0.867. The van der Waals surface area contributed by atoms with E-state index in [2.05, 4.69) is 37.2 Å². The van der Waals surface area contributed by atoms with Crippen molar-refractivity contribution in [2.24, 2.45) is 11.1 Å². The fourth-order valence-electron chi connectivity index (χ4n) is 1.97. The minimum absolute atomic E-state index is 0.0364. The molecule has 0 unspecified atom stereocenters. The van der Waals surface area contributed by atoms with Crippen molar-refractivity contribution in [3.05, 3.63) is 27.1 Å². The molecule has 1 amide bonds. The number of anilines is 1. The van der Waals surface area contributed by atoms with Gasteiger partial charge in [-0.2, -0.15) is 0 Å². The van der Waals surface area contributed by atoms with Crippen LogP contribution >= 0.6 is 31.9 Å². The molecule has 5 heteroatoms. The summed E-state index contributed by atoms with van der Waals surface area (Å²) in [6.45, 7) is 0.424. The van der Waals surface area contributed by atoms with E-state index in [0.717, 1.165) is 33.9 Å². The van der Waals surface area contributed by atoms with Crippen LogP contribution in [0.4, 0.5) is 5.69 Å². The Bertz CT molecular complexity index is 439. The molecule has 0 radical (unpaired) electrons. The van der Waals surface area contributed by atoms with Crippen LogP contribution in [0.2, 0.25) is 0 Å². The summed E-state index contributed by atoms with van der Waals surface area (Å²) in [4.78, 5) is 12.2. The summed E-state index contributed by atoms with van der Waals surface area (Å²) in [6.07, 6.45) is 2.87. The molecule has 17 heavy (non-hydrogen) atoms. The number of carbonyl (C=O) groups excluding carboxylic acids is 1. The van der Waals surface area contributed by atoms with Crippen LogP contribution in [0, 0.1) is 5.41 Å². The van der Waals surface area contributed by atoms with Crippen LogP contribution in [-0.4, -0.2) is 12.5 Å². The van der Waals surface area contributed by atoms with Gasteiger partial charge in [-0.25, -0.2) is 0 Å². The molecule has 1 aliphatic carbocycles. The third-order valence-corrected chi connectivity index (χ3v) is 4.51. The molecule has 3 N–H and O–H groups in total. The lowest BCUT2D eigenvalue weighted by atomic mass is 9.68. The van der Waals surface area contributed by atoms with Crippen molar-refractivity contribution >= 4 is 43.5 Å². The maximum absolute atomic E-state index is 12.2. The predicted octanol–water partition coefficient (Wildman–Crippen LogP) is 3.28. The Hall–Kier alpha value is -0.390. The first kappa shape index (κ1) is 13.1. The van der Waals surface area contributed by atoms with Crippen molar-refractivity contribution < 1.29 is 4.79 Å². The van der Waals surface area contributed by atoms with E-state index in [1.165, 1.54) is 0 Å². The van der Waals surface area contributed by atoms with Crippen molar-refractivity contribution in [3.63, 3.8) is 0 Å². The van der Waals surface area contributed by atoms with Crippen LogP contribution in [0.1, 0.15) is 19.3 Å². The molecule has 2 rings (SSSR count). The van der Waals surface area contributed by atoms with Crippen molar-refractivity contribution in [2.75, 3.05) is 11.9 Å². The van der Waals surface area contributed by atoms with Gasteiger partial charge in [0.25, 0.3) is 0 Å². The molecule has 0 spiro atoms. The molecule has 0 atom stereocenters. The molecule has 3 nitrogen and oxygen atoms in total. The van der Waals surface area contributed by atoms with Gasteiger partial charge in [-0.15, -0.1) is 0 Å². The number of nitrogens with two attached hydrogens (primary N) is 1. The second kappa shape index (κ2) is 5.08. The van der Waals surface area contributed by atoms with Crippen molar-refractivity contribution in [3.8, 4) is 0 Å². The molecule has 1 saturated carbocycles. The molecule has 0 saturated heterocycles. The van der Waals surface area contributed by atoms with Gasteiger partial charge in [0.2, 0.25) is 5.91 Å². The van der Waals surface area contributed by atoms with Gasteiger partial charge in [0.1, 0.15) is 0 Å². The fourth-order valence-corrected chi connectivity index (χ4v) is 3.12. The summed E-state index contributed by atoms with van der Waals surface area (Å²) in [5.74, 6) is 0.0364. The van der Waals surface area contributed by atoms with Gasteiger partial charge < -0.3 is 11.1 Å². The molecule has 1 aromatic rings. The topological polar surface area (TPSA) is 55.1 Å². The molecule has 0 aromatic heterocycles. The minimum Gasteiger partial charge on any atom is -0.329 e. The lowest BCUT2D eigenvalue weighted by molar-refractivity contribution is -0.129. The normalized spacial score (nSPS) is 17.4. The summed E-state index contributed by atoms with van der Waals surface area (Å²) < 4.78 is 1.84.